The van der Waals surface area contributed by atoms with Crippen LogP contribution in [0.5, 0.6) is 0 Å². The van der Waals surface area contributed by atoms with E-state index in [2.05, 4.69) is 5.92 Å². The Morgan fingerprint density at radius 2 is 2.30 bits per heavy atom. The van der Waals surface area contributed by atoms with Crippen LogP contribution in [0.2, 0.25) is 0 Å². The van der Waals surface area contributed by atoms with Gasteiger partial charge in [-0.15, -0.1) is 12.3 Å². The van der Waals surface area contributed by atoms with E-state index in [0.29, 0.717) is 0 Å². The molecule has 1 heteroatoms. The molecule has 1 saturated carbocycles. The first-order valence-electron chi connectivity index (χ1n) is 3.73. The van der Waals surface area contributed by atoms with Crippen molar-refractivity contribution in [2.75, 3.05) is 0 Å². The standard InChI is InChI=1S/C9H12O/c1-2-3-5-9(8-10)6-4-7-9/h1,8H,3-7H2. The van der Waals surface area contributed by atoms with Crippen molar-refractivity contribution >= 4 is 6.29 Å². The second-order valence-corrected chi connectivity index (χ2v) is 3.04. The molecule has 0 heterocycles. The third kappa shape index (κ3) is 1.21. The van der Waals surface area contributed by atoms with Crippen molar-refractivity contribution < 1.29 is 4.79 Å². The molecule has 0 aliphatic heterocycles. The Morgan fingerprint density at radius 3 is 2.60 bits per heavy atom. The Kier molecular flexibility index (Phi) is 2.11. The maximum atomic E-state index is 10.5. The van der Waals surface area contributed by atoms with Gasteiger partial charge in [-0.25, -0.2) is 0 Å². The molecule has 54 valence electrons. The predicted octanol–water partition coefficient (Wildman–Crippen LogP) is 1.77. The van der Waals surface area contributed by atoms with Crippen molar-refractivity contribution in [2.45, 2.75) is 32.1 Å². The second-order valence-electron chi connectivity index (χ2n) is 3.04. The quantitative estimate of drug-likeness (QED) is 0.427. The van der Waals surface area contributed by atoms with Gasteiger partial charge in [0.05, 0.1) is 0 Å². The summed E-state index contributed by atoms with van der Waals surface area (Å²) >= 11 is 0. The van der Waals surface area contributed by atoms with Gasteiger partial charge in [0.15, 0.2) is 0 Å². The predicted molar refractivity (Wildman–Crippen MR) is 40.4 cm³/mol. The van der Waals surface area contributed by atoms with Crippen LogP contribution >= 0.6 is 0 Å². The van der Waals surface area contributed by atoms with Gasteiger partial charge in [0.25, 0.3) is 0 Å². The number of hydrogen-bond donors (Lipinski definition) is 0. The monoisotopic (exact) mass is 136 g/mol. The van der Waals surface area contributed by atoms with E-state index >= 15 is 0 Å². The molecular weight excluding hydrogens is 124 g/mol. The molecule has 1 aliphatic rings. The molecule has 0 unspecified atom stereocenters. The van der Waals surface area contributed by atoms with Gasteiger partial charge in [-0.3, -0.25) is 0 Å². The first-order valence-corrected chi connectivity index (χ1v) is 3.73. The number of rotatable bonds is 3. The summed E-state index contributed by atoms with van der Waals surface area (Å²) in [5.41, 5.74) is -0.00757. The molecule has 0 saturated heterocycles. The minimum atomic E-state index is -0.00757. The molecule has 1 rings (SSSR count). The van der Waals surface area contributed by atoms with Crippen LogP contribution in [0.15, 0.2) is 0 Å². The lowest BCUT2D eigenvalue weighted by Gasteiger charge is -2.36. The van der Waals surface area contributed by atoms with Gasteiger partial charge < -0.3 is 4.79 Å². The van der Waals surface area contributed by atoms with E-state index in [1.165, 1.54) is 6.42 Å². The van der Waals surface area contributed by atoms with E-state index in [-0.39, 0.29) is 5.41 Å². The van der Waals surface area contributed by atoms with E-state index in [1.807, 2.05) is 0 Å². The molecule has 0 aromatic heterocycles. The third-order valence-corrected chi connectivity index (χ3v) is 2.37. The van der Waals surface area contributed by atoms with Crippen molar-refractivity contribution in [3.05, 3.63) is 0 Å². The first kappa shape index (κ1) is 7.34. The summed E-state index contributed by atoms with van der Waals surface area (Å²) in [7, 11) is 0. The molecule has 0 aromatic rings. The van der Waals surface area contributed by atoms with Crippen molar-refractivity contribution in [1.82, 2.24) is 0 Å². The lowest BCUT2D eigenvalue weighted by molar-refractivity contribution is -0.120. The number of carbonyl (C=O) groups excluding carboxylic acids is 1. The van der Waals surface area contributed by atoms with Gasteiger partial charge in [-0.1, -0.05) is 6.42 Å². The molecule has 0 amide bonds. The normalized spacial score (nSPS) is 20.7. The smallest absolute Gasteiger partial charge is 0.126 e. The maximum absolute atomic E-state index is 10.5. The summed E-state index contributed by atoms with van der Waals surface area (Å²) in [6.45, 7) is 0. The zero-order valence-corrected chi connectivity index (χ0v) is 6.10. The maximum Gasteiger partial charge on any atom is 0.126 e. The Balaban J connectivity index is 2.35. The molecular formula is C9H12O. The van der Waals surface area contributed by atoms with E-state index in [1.54, 1.807) is 0 Å². The van der Waals surface area contributed by atoms with Crippen molar-refractivity contribution in [2.24, 2.45) is 5.41 Å². The minimum absolute atomic E-state index is 0.00757. The van der Waals surface area contributed by atoms with Crippen LogP contribution < -0.4 is 0 Å². The number of carbonyl (C=O) groups is 1. The van der Waals surface area contributed by atoms with Crippen LogP contribution in [0.1, 0.15) is 32.1 Å². The van der Waals surface area contributed by atoms with Crippen LogP contribution in [-0.4, -0.2) is 6.29 Å². The molecule has 0 radical (unpaired) electrons. The van der Waals surface area contributed by atoms with Gasteiger partial charge in [-0.05, 0) is 19.3 Å². The van der Waals surface area contributed by atoms with Gasteiger partial charge >= 0.3 is 0 Å². The highest BCUT2D eigenvalue weighted by molar-refractivity contribution is 5.60. The fourth-order valence-electron chi connectivity index (χ4n) is 1.38. The third-order valence-electron chi connectivity index (χ3n) is 2.37. The van der Waals surface area contributed by atoms with Crippen molar-refractivity contribution in [1.29, 1.82) is 0 Å². The molecule has 0 spiro atoms. The molecule has 10 heavy (non-hydrogen) atoms. The number of terminal acetylenes is 1. The van der Waals surface area contributed by atoms with Gasteiger partial charge in [0.1, 0.15) is 6.29 Å². The Bertz CT molecular complexity index is 160. The van der Waals surface area contributed by atoms with E-state index in [0.717, 1.165) is 32.0 Å². The minimum Gasteiger partial charge on any atom is -0.303 e. The van der Waals surface area contributed by atoms with Crippen molar-refractivity contribution in [3.8, 4) is 12.3 Å². The highest BCUT2D eigenvalue weighted by Crippen LogP contribution is 2.42. The van der Waals surface area contributed by atoms with Gasteiger partial charge in [0.2, 0.25) is 0 Å². The number of aldehydes is 1. The van der Waals surface area contributed by atoms with Crippen LogP contribution in [0.4, 0.5) is 0 Å². The summed E-state index contributed by atoms with van der Waals surface area (Å²) < 4.78 is 0. The summed E-state index contributed by atoms with van der Waals surface area (Å²) in [4.78, 5) is 10.5. The highest BCUT2D eigenvalue weighted by Gasteiger charge is 2.35. The summed E-state index contributed by atoms with van der Waals surface area (Å²) in [6, 6.07) is 0. The van der Waals surface area contributed by atoms with E-state index < -0.39 is 0 Å². The zero-order chi connectivity index (χ0) is 7.45. The molecule has 1 fully saturated rings. The average molecular weight is 136 g/mol. The second kappa shape index (κ2) is 2.88. The summed E-state index contributed by atoms with van der Waals surface area (Å²) in [5, 5.41) is 0. The molecule has 0 aromatic carbocycles. The SMILES string of the molecule is C#CCCC1(C=O)CCC1. The molecule has 1 nitrogen and oxygen atoms in total. The zero-order valence-electron chi connectivity index (χ0n) is 6.10. The van der Waals surface area contributed by atoms with Crippen LogP contribution in [0.25, 0.3) is 0 Å². The molecule has 0 N–H and O–H groups in total. The molecule has 0 bridgehead atoms. The van der Waals surface area contributed by atoms with Crippen LogP contribution in [-0.2, 0) is 4.79 Å². The molecule has 0 atom stereocenters. The highest BCUT2D eigenvalue weighted by atomic mass is 16.1. The first-order chi connectivity index (χ1) is 4.83. The van der Waals surface area contributed by atoms with Crippen LogP contribution in [0.3, 0.4) is 0 Å². The number of hydrogen-bond acceptors (Lipinski definition) is 1. The topological polar surface area (TPSA) is 17.1 Å². The van der Waals surface area contributed by atoms with Gasteiger partial charge in [0, 0.05) is 11.8 Å². The van der Waals surface area contributed by atoms with E-state index in [4.69, 9.17) is 6.42 Å². The van der Waals surface area contributed by atoms with Crippen LogP contribution in [0, 0.1) is 17.8 Å². The summed E-state index contributed by atoms with van der Waals surface area (Å²) in [6.07, 6.45) is 11.1. The fraction of sp³-hybridized carbons (Fsp3) is 0.667. The lowest BCUT2D eigenvalue weighted by Crippen LogP contribution is -2.30. The fourth-order valence-corrected chi connectivity index (χ4v) is 1.38. The molecule has 1 aliphatic carbocycles. The van der Waals surface area contributed by atoms with Crippen molar-refractivity contribution in [3.63, 3.8) is 0 Å². The van der Waals surface area contributed by atoms with E-state index in [9.17, 15) is 4.79 Å². The Morgan fingerprint density at radius 1 is 1.60 bits per heavy atom. The lowest BCUT2D eigenvalue weighted by atomic mass is 9.67. The Hall–Kier alpha value is -0.770. The Labute approximate surface area is 61.8 Å². The average Bonchev–Trinajstić information content (AvgIpc) is 1.87. The summed E-state index contributed by atoms with van der Waals surface area (Å²) in [5.74, 6) is 2.57. The largest absolute Gasteiger partial charge is 0.303 e. The van der Waals surface area contributed by atoms with Gasteiger partial charge in [-0.2, -0.15) is 0 Å².